The van der Waals surface area contributed by atoms with E-state index in [1.807, 2.05) is 25.7 Å². The van der Waals surface area contributed by atoms with E-state index in [0.29, 0.717) is 31.1 Å². The number of carbonyl (C=O) groups is 1. The molecule has 30 heavy (non-hydrogen) atoms. The highest BCUT2D eigenvalue weighted by Crippen LogP contribution is 2.42. The van der Waals surface area contributed by atoms with Gasteiger partial charge in [0, 0.05) is 43.8 Å². The Morgan fingerprint density at radius 2 is 1.93 bits per heavy atom. The molecule has 1 amide bonds. The third-order valence-electron chi connectivity index (χ3n) is 5.28. The van der Waals surface area contributed by atoms with Gasteiger partial charge in [0.25, 0.3) is 0 Å². The molecule has 158 valence electrons. The average Bonchev–Trinajstić information content (AvgIpc) is 2.59. The molecule has 2 aliphatic heterocycles. The van der Waals surface area contributed by atoms with Crippen LogP contribution in [0.2, 0.25) is 0 Å². The molecule has 2 saturated heterocycles. The van der Waals surface area contributed by atoms with Crippen molar-refractivity contribution in [1.82, 2.24) is 14.9 Å². The quantitative estimate of drug-likeness (QED) is 0.601. The third-order valence-corrected chi connectivity index (χ3v) is 5.28. The number of likely N-dealkylation sites (tertiary alicyclic amines) is 1. The van der Waals surface area contributed by atoms with E-state index < -0.39 is 10.5 Å². The molecule has 2 aliphatic rings. The molecule has 0 saturated carbocycles. The number of anilines is 3. The van der Waals surface area contributed by atoms with Crippen LogP contribution in [0.3, 0.4) is 0 Å². The smallest absolute Gasteiger partial charge is 0.410 e. The van der Waals surface area contributed by atoms with Crippen LogP contribution < -0.4 is 10.2 Å². The van der Waals surface area contributed by atoms with Crippen LogP contribution in [0.5, 0.6) is 0 Å². The summed E-state index contributed by atoms with van der Waals surface area (Å²) >= 11 is 0. The highest BCUT2D eigenvalue weighted by Gasteiger charge is 2.56. The molecule has 10 nitrogen and oxygen atoms in total. The second-order valence-corrected chi connectivity index (χ2v) is 8.62. The highest BCUT2D eigenvalue weighted by molar-refractivity contribution is 5.73. The van der Waals surface area contributed by atoms with Gasteiger partial charge in [-0.05, 0) is 45.4 Å². The van der Waals surface area contributed by atoms with E-state index in [0.717, 1.165) is 6.42 Å². The summed E-state index contributed by atoms with van der Waals surface area (Å²) in [6.07, 6.45) is 3.79. The lowest BCUT2D eigenvalue weighted by Gasteiger charge is -2.62. The number of nitro groups is 1. The zero-order valence-corrected chi connectivity index (χ0v) is 17.2. The van der Waals surface area contributed by atoms with Crippen LogP contribution in [-0.4, -0.2) is 56.7 Å². The van der Waals surface area contributed by atoms with Gasteiger partial charge < -0.3 is 15.0 Å². The van der Waals surface area contributed by atoms with Crippen LogP contribution in [0, 0.1) is 10.1 Å². The fourth-order valence-electron chi connectivity index (χ4n) is 3.73. The molecule has 0 radical (unpaired) electrons. The first-order valence-electron chi connectivity index (χ1n) is 9.75. The molecule has 2 fully saturated rings. The molecule has 1 N–H and O–H groups in total. The van der Waals surface area contributed by atoms with Gasteiger partial charge >= 0.3 is 11.8 Å². The largest absolute Gasteiger partial charge is 0.444 e. The Morgan fingerprint density at radius 3 is 2.50 bits per heavy atom. The van der Waals surface area contributed by atoms with Crippen LogP contribution in [0.1, 0.15) is 27.2 Å². The van der Waals surface area contributed by atoms with Gasteiger partial charge in [0.1, 0.15) is 11.4 Å². The molecule has 1 spiro atoms. The SMILES string of the molecule is CC(C)(C)OC(=O)N1CCC12CN(c1ccc([N+](=O)[O-])c(Nc3ccncc3)n1)C2. The molecule has 0 bridgehead atoms. The van der Waals surface area contributed by atoms with Crippen LogP contribution in [0.4, 0.5) is 27.8 Å². The third kappa shape index (κ3) is 3.72. The Bertz CT molecular complexity index is 969. The lowest BCUT2D eigenvalue weighted by atomic mass is 9.78. The van der Waals surface area contributed by atoms with Gasteiger partial charge in [0.15, 0.2) is 0 Å². The fourth-order valence-corrected chi connectivity index (χ4v) is 3.73. The van der Waals surface area contributed by atoms with E-state index in [2.05, 4.69) is 15.3 Å². The molecule has 0 unspecified atom stereocenters. The summed E-state index contributed by atoms with van der Waals surface area (Å²) in [6, 6.07) is 6.51. The standard InChI is InChI=1S/C20H24N6O4/c1-19(2,3)30-18(27)25-11-8-20(25)12-24(13-20)16-5-4-15(26(28)29)17(23-16)22-14-6-9-21-10-7-14/h4-7,9-10H,8,11-13H2,1-3H3,(H,21,22,23). The Hall–Kier alpha value is -3.43. The van der Waals surface area contributed by atoms with E-state index in [1.54, 1.807) is 35.5 Å². The van der Waals surface area contributed by atoms with Crippen molar-refractivity contribution in [3.05, 3.63) is 46.8 Å². The maximum absolute atomic E-state index is 12.4. The predicted molar refractivity (Wildman–Crippen MR) is 111 cm³/mol. The molecular weight excluding hydrogens is 388 g/mol. The first-order valence-corrected chi connectivity index (χ1v) is 9.75. The number of nitrogens with zero attached hydrogens (tertiary/aromatic N) is 5. The van der Waals surface area contributed by atoms with E-state index in [-0.39, 0.29) is 23.1 Å². The molecule has 0 atom stereocenters. The Morgan fingerprint density at radius 1 is 1.23 bits per heavy atom. The van der Waals surface area contributed by atoms with Gasteiger partial charge in [0.2, 0.25) is 5.82 Å². The normalized spacial score (nSPS) is 17.2. The second-order valence-electron chi connectivity index (χ2n) is 8.62. The number of pyridine rings is 2. The van der Waals surface area contributed by atoms with Crippen molar-refractivity contribution in [2.75, 3.05) is 29.9 Å². The van der Waals surface area contributed by atoms with Crippen molar-refractivity contribution < 1.29 is 14.5 Å². The van der Waals surface area contributed by atoms with Gasteiger partial charge in [-0.1, -0.05) is 0 Å². The average molecular weight is 412 g/mol. The molecule has 0 aromatic carbocycles. The van der Waals surface area contributed by atoms with Crippen LogP contribution in [0.15, 0.2) is 36.7 Å². The molecule has 4 heterocycles. The Labute approximate surface area is 174 Å². The van der Waals surface area contributed by atoms with Gasteiger partial charge in [0.05, 0.1) is 10.5 Å². The molecular formula is C20H24N6O4. The number of carbonyl (C=O) groups excluding carboxylic acids is 1. The zero-order valence-electron chi connectivity index (χ0n) is 17.2. The number of hydrogen-bond acceptors (Lipinski definition) is 8. The fraction of sp³-hybridized carbons (Fsp3) is 0.450. The number of ether oxygens (including phenoxy) is 1. The van der Waals surface area contributed by atoms with Crippen LogP contribution >= 0.6 is 0 Å². The summed E-state index contributed by atoms with van der Waals surface area (Å²) in [5, 5.41) is 14.4. The lowest BCUT2D eigenvalue weighted by Crippen LogP contribution is -2.78. The molecule has 10 heteroatoms. The summed E-state index contributed by atoms with van der Waals surface area (Å²) in [5.41, 5.74) is -0.229. The summed E-state index contributed by atoms with van der Waals surface area (Å²) in [4.78, 5) is 35.6. The first kappa shape index (κ1) is 19.9. The van der Waals surface area contributed by atoms with Gasteiger partial charge in [-0.15, -0.1) is 0 Å². The molecule has 0 aliphatic carbocycles. The van der Waals surface area contributed by atoms with Crippen molar-refractivity contribution in [3.8, 4) is 0 Å². The maximum Gasteiger partial charge on any atom is 0.410 e. The number of rotatable bonds is 4. The summed E-state index contributed by atoms with van der Waals surface area (Å²) in [7, 11) is 0. The second kappa shape index (κ2) is 7.12. The molecule has 4 rings (SSSR count). The lowest BCUT2D eigenvalue weighted by molar-refractivity contribution is -0.384. The summed E-state index contributed by atoms with van der Waals surface area (Å²) in [6.45, 7) is 7.45. The minimum atomic E-state index is -0.537. The first-order chi connectivity index (χ1) is 14.2. The van der Waals surface area contributed by atoms with Crippen molar-refractivity contribution in [2.24, 2.45) is 0 Å². The molecule has 2 aromatic rings. The van der Waals surface area contributed by atoms with Gasteiger partial charge in [-0.2, -0.15) is 0 Å². The Kier molecular flexibility index (Phi) is 4.71. The number of aromatic nitrogens is 2. The van der Waals surface area contributed by atoms with E-state index in [9.17, 15) is 14.9 Å². The van der Waals surface area contributed by atoms with Crippen molar-refractivity contribution >= 4 is 29.1 Å². The zero-order chi connectivity index (χ0) is 21.5. The van der Waals surface area contributed by atoms with Gasteiger partial charge in [-0.3, -0.25) is 20.0 Å². The predicted octanol–water partition coefficient (Wildman–Crippen LogP) is 3.33. The number of nitrogens with one attached hydrogen (secondary N) is 1. The highest BCUT2D eigenvalue weighted by atomic mass is 16.6. The van der Waals surface area contributed by atoms with Crippen LogP contribution in [-0.2, 0) is 4.74 Å². The van der Waals surface area contributed by atoms with Crippen molar-refractivity contribution in [3.63, 3.8) is 0 Å². The minimum absolute atomic E-state index is 0.107. The van der Waals surface area contributed by atoms with E-state index in [4.69, 9.17) is 4.74 Å². The maximum atomic E-state index is 12.4. The summed E-state index contributed by atoms with van der Waals surface area (Å²) in [5.74, 6) is 0.793. The van der Waals surface area contributed by atoms with E-state index in [1.165, 1.54) is 6.07 Å². The van der Waals surface area contributed by atoms with Gasteiger partial charge in [-0.25, -0.2) is 9.78 Å². The minimum Gasteiger partial charge on any atom is -0.444 e. The van der Waals surface area contributed by atoms with Crippen LogP contribution in [0.25, 0.3) is 0 Å². The van der Waals surface area contributed by atoms with Crippen molar-refractivity contribution in [2.45, 2.75) is 38.3 Å². The summed E-state index contributed by atoms with van der Waals surface area (Å²) < 4.78 is 5.50. The number of hydrogen-bond donors (Lipinski definition) is 1. The molecule has 2 aromatic heterocycles. The monoisotopic (exact) mass is 412 g/mol. The van der Waals surface area contributed by atoms with E-state index >= 15 is 0 Å². The number of amides is 1. The van der Waals surface area contributed by atoms with Crippen molar-refractivity contribution in [1.29, 1.82) is 0 Å². The topological polar surface area (TPSA) is 114 Å². The Balaban J connectivity index is 1.49.